The number of halogens is 2. The summed E-state index contributed by atoms with van der Waals surface area (Å²) in [6, 6.07) is 9.54. The molecule has 0 aromatic heterocycles. The van der Waals surface area contributed by atoms with Crippen molar-refractivity contribution in [1.82, 2.24) is 0 Å². The van der Waals surface area contributed by atoms with Gasteiger partial charge in [0.25, 0.3) is 0 Å². The van der Waals surface area contributed by atoms with Crippen molar-refractivity contribution in [3.63, 3.8) is 0 Å². The molecule has 0 radical (unpaired) electrons. The molecule has 0 saturated carbocycles. The van der Waals surface area contributed by atoms with Crippen LogP contribution in [0.25, 0.3) is 0 Å². The van der Waals surface area contributed by atoms with Gasteiger partial charge in [-0.05, 0) is 35.9 Å². The maximum absolute atomic E-state index is 13.9. The lowest BCUT2D eigenvalue weighted by Crippen LogP contribution is -2.07. The zero-order valence-electron chi connectivity index (χ0n) is 11.7. The van der Waals surface area contributed by atoms with E-state index in [1.54, 1.807) is 31.4 Å². The van der Waals surface area contributed by atoms with Crippen molar-refractivity contribution >= 4 is 21.7 Å². The van der Waals surface area contributed by atoms with Crippen LogP contribution in [0.1, 0.15) is 15.9 Å². The summed E-state index contributed by atoms with van der Waals surface area (Å²) in [6.07, 6.45) is 0.0844. The molecule has 0 spiro atoms. The average Bonchev–Trinajstić information content (AvgIpc) is 2.49. The zero-order chi connectivity index (χ0) is 15.4. The summed E-state index contributed by atoms with van der Waals surface area (Å²) < 4.78 is 24.7. The van der Waals surface area contributed by atoms with Crippen LogP contribution in [0.3, 0.4) is 0 Å². The number of hydrogen-bond acceptors (Lipinski definition) is 3. The number of ether oxygens (including phenoxy) is 2. The van der Waals surface area contributed by atoms with E-state index in [4.69, 9.17) is 9.47 Å². The van der Waals surface area contributed by atoms with Crippen molar-refractivity contribution in [2.75, 3.05) is 14.2 Å². The molecular formula is C16H14BrFO3. The number of rotatable bonds is 5. The van der Waals surface area contributed by atoms with Crippen molar-refractivity contribution in [3.8, 4) is 11.5 Å². The Morgan fingerprint density at radius 2 is 1.71 bits per heavy atom. The molecule has 2 aromatic carbocycles. The summed E-state index contributed by atoms with van der Waals surface area (Å²) in [5.41, 5.74) is 0.792. The molecule has 0 saturated heterocycles. The van der Waals surface area contributed by atoms with Crippen LogP contribution in [0.15, 0.2) is 40.9 Å². The van der Waals surface area contributed by atoms with E-state index in [0.29, 0.717) is 11.5 Å². The van der Waals surface area contributed by atoms with Gasteiger partial charge in [0.2, 0.25) is 0 Å². The topological polar surface area (TPSA) is 35.5 Å². The maximum Gasteiger partial charge on any atom is 0.170 e. The van der Waals surface area contributed by atoms with Gasteiger partial charge in [0.05, 0.1) is 19.8 Å². The van der Waals surface area contributed by atoms with Gasteiger partial charge in [-0.25, -0.2) is 4.39 Å². The predicted octanol–water partition coefficient (Wildman–Crippen LogP) is 4.03. The molecule has 0 aliphatic carbocycles. The Morgan fingerprint density at radius 1 is 1.10 bits per heavy atom. The van der Waals surface area contributed by atoms with Gasteiger partial charge in [0, 0.05) is 17.0 Å². The number of carbonyl (C=O) groups excluding carboxylic acids is 1. The smallest absolute Gasteiger partial charge is 0.170 e. The maximum atomic E-state index is 13.9. The minimum atomic E-state index is -0.585. The Balaban J connectivity index is 2.26. The molecule has 0 bridgehead atoms. The first-order valence-corrected chi connectivity index (χ1v) is 7.03. The lowest BCUT2D eigenvalue weighted by Gasteiger charge is -2.08. The van der Waals surface area contributed by atoms with Crippen molar-refractivity contribution in [3.05, 3.63) is 57.8 Å². The van der Waals surface area contributed by atoms with Gasteiger partial charge in [0.15, 0.2) is 5.78 Å². The molecule has 0 N–H and O–H groups in total. The Morgan fingerprint density at radius 3 is 2.33 bits per heavy atom. The third-order valence-electron chi connectivity index (χ3n) is 3.08. The molecule has 0 fully saturated rings. The van der Waals surface area contributed by atoms with Crippen LogP contribution >= 0.6 is 15.9 Å². The standard InChI is InChI=1S/C16H14BrFO3/c1-20-11-4-6-14(17)10(7-11)8-16(19)13-5-3-12(21-2)9-15(13)18/h3-7,9H,8H2,1-2H3. The number of methoxy groups -OCH3 is 2. The van der Waals surface area contributed by atoms with Gasteiger partial charge in [-0.1, -0.05) is 15.9 Å². The molecule has 110 valence electrons. The molecule has 3 nitrogen and oxygen atoms in total. The third kappa shape index (κ3) is 3.61. The SMILES string of the molecule is COc1ccc(C(=O)Cc2cc(OC)ccc2Br)c(F)c1. The van der Waals surface area contributed by atoms with E-state index in [1.807, 2.05) is 0 Å². The van der Waals surface area contributed by atoms with Crippen LogP contribution in [-0.2, 0) is 6.42 Å². The van der Waals surface area contributed by atoms with Gasteiger partial charge in [-0.2, -0.15) is 0 Å². The van der Waals surface area contributed by atoms with Crippen LogP contribution in [0.5, 0.6) is 11.5 Å². The number of Topliss-reactive ketones (excluding diaryl/α,β-unsaturated/α-hetero) is 1. The molecule has 2 aromatic rings. The second kappa shape index (κ2) is 6.72. The summed E-state index contributed by atoms with van der Waals surface area (Å²) in [5, 5.41) is 0. The highest BCUT2D eigenvalue weighted by Gasteiger charge is 2.15. The summed E-state index contributed by atoms with van der Waals surface area (Å²) >= 11 is 3.38. The largest absolute Gasteiger partial charge is 0.497 e. The number of benzene rings is 2. The minimum Gasteiger partial charge on any atom is -0.497 e. The van der Waals surface area contributed by atoms with Crippen molar-refractivity contribution in [1.29, 1.82) is 0 Å². The second-order valence-corrected chi connectivity index (χ2v) is 5.26. The fourth-order valence-corrected chi connectivity index (χ4v) is 2.32. The fraction of sp³-hybridized carbons (Fsp3) is 0.188. The third-order valence-corrected chi connectivity index (χ3v) is 3.85. The van der Waals surface area contributed by atoms with Gasteiger partial charge < -0.3 is 9.47 Å². The lowest BCUT2D eigenvalue weighted by atomic mass is 10.0. The Kier molecular flexibility index (Phi) is 4.96. The van der Waals surface area contributed by atoms with Gasteiger partial charge >= 0.3 is 0 Å². The number of ketones is 1. The van der Waals surface area contributed by atoms with Crippen molar-refractivity contribution in [2.24, 2.45) is 0 Å². The van der Waals surface area contributed by atoms with E-state index in [-0.39, 0.29) is 17.8 Å². The first-order valence-electron chi connectivity index (χ1n) is 6.24. The monoisotopic (exact) mass is 352 g/mol. The highest BCUT2D eigenvalue weighted by atomic mass is 79.9. The van der Waals surface area contributed by atoms with Gasteiger partial charge in [-0.3, -0.25) is 4.79 Å². The Hall–Kier alpha value is -1.88. The molecule has 2 rings (SSSR count). The molecule has 0 heterocycles. The van der Waals surface area contributed by atoms with E-state index in [2.05, 4.69) is 15.9 Å². The van der Waals surface area contributed by atoms with Gasteiger partial charge in [-0.15, -0.1) is 0 Å². The molecule has 0 aliphatic heterocycles. The number of carbonyl (C=O) groups is 1. The summed E-state index contributed by atoms with van der Waals surface area (Å²) in [6.45, 7) is 0. The summed E-state index contributed by atoms with van der Waals surface area (Å²) in [4.78, 5) is 12.2. The van der Waals surface area contributed by atoms with Gasteiger partial charge in [0.1, 0.15) is 17.3 Å². The highest BCUT2D eigenvalue weighted by Crippen LogP contribution is 2.25. The Labute approximate surface area is 130 Å². The van der Waals surface area contributed by atoms with E-state index in [0.717, 1.165) is 10.0 Å². The molecular weight excluding hydrogens is 339 g/mol. The second-order valence-electron chi connectivity index (χ2n) is 4.40. The highest BCUT2D eigenvalue weighted by molar-refractivity contribution is 9.10. The Bertz CT molecular complexity index is 671. The van der Waals surface area contributed by atoms with E-state index >= 15 is 0 Å². The van der Waals surface area contributed by atoms with Crippen molar-refractivity contribution < 1.29 is 18.7 Å². The summed E-state index contributed by atoms with van der Waals surface area (Å²) in [7, 11) is 3.00. The molecule has 5 heteroatoms. The van der Waals surface area contributed by atoms with E-state index in [1.165, 1.54) is 19.2 Å². The molecule has 0 aliphatic rings. The minimum absolute atomic E-state index is 0.0468. The van der Waals surface area contributed by atoms with Crippen LogP contribution < -0.4 is 9.47 Å². The summed E-state index contributed by atoms with van der Waals surface area (Å²) in [5.74, 6) is 0.144. The van der Waals surface area contributed by atoms with Crippen LogP contribution in [0, 0.1) is 5.82 Å². The quantitative estimate of drug-likeness (QED) is 0.762. The first-order chi connectivity index (χ1) is 10.0. The average molecular weight is 353 g/mol. The lowest BCUT2D eigenvalue weighted by molar-refractivity contribution is 0.0989. The predicted molar refractivity (Wildman–Crippen MR) is 81.7 cm³/mol. The zero-order valence-corrected chi connectivity index (χ0v) is 13.2. The normalized spacial score (nSPS) is 10.3. The van der Waals surface area contributed by atoms with Crippen molar-refractivity contribution in [2.45, 2.75) is 6.42 Å². The number of hydrogen-bond donors (Lipinski definition) is 0. The van der Waals surface area contributed by atoms with Crippen LogP contribution in [0.4, 0.5) is 4.39 Å². The van der Waals surface area contributed by atoms with Crippen LogP contribution in [0.2, 0.25) is 0 Å². The first kappa shape index (κ1) is 15.5. The van der Waals surface area contributed by atoms with Crippen LogP contribution in [-0.4, -0.2) is 20.0 Å². The molecule has 21 heavy (non-hydrogen) atoms. The van der Waals surface area contributed by atoms with E-state index < -0.39 is 5.82 Å². The fourth-order valence-electron chi connectivity index (χ4n) is 1.93. The molecule has 0 unspecified atom stereocenters. The molecule has 0 amide bonds. The van der Waals surface area contributed by atoms with E-state index in [9.17, 15) is 9.18 Å². The molecule has 0 atom stereocenters.